The molecule has 0 aromatic carbocycles. The van der Waals surface area contributed by atoms with Crippen LogP contribution in [-0.4, -0.2) is 25.3 Å². The number of rotatable bonds is 0. The van der Waals surface area contributed by atoms with E-state index in [0.717, 1.165) is 0 Å². The molecule has 0 amide bonds. The van der Waals surface area contributed by atoms with Crippen molar-refractivity contribution < 1.29 is 4.79 Å². The van der Waals surface area contributed by atoms with E-state index in [2.05, 4.69) is 0 Å². The summed E-state index contributed by atoms with van der Waals surface area (Å²) in [6, 6.07) is 0. The average molecular weight is 422 g/mol. The molecule has 3 aliphatic rings. The lowest BCUT2D eigenvalue weighted by atomic mass is 9.82. The minimum absolute atomic E-state index is 0.0253. The highest BCUT2D eigenvalue weighted by molar-refractivity contribution is 6.71. The summed E-state index contributed by atoms with van der Waals surface area (Å²) < 4.78 is 0. The normalized spacial score (nSPS) is 52.5. The van der Waals surface area contributed by atoms with Crippen LogP contribution in [0.25, 0.3) is 0 Å². The molecule has 104 valence electrons. The Balaban J connectivity index is 2.46. The van der Waals surface area contributed by atoms with Crippen LogP contribution < -0.4 is 0 Å². The van der Waals surface area contributed by atoms with Gasteiger partial charge < -0.3 is 0 Å². The molecule has 0 radical (unpaired) electrons. The van der Waals surface area contributed by atoms with Crippen LogP contribution >= 0.6 is 92.8 Å². The van der Waals surface area contributed by atoms with Crippen LogP contribution in [0.15, 0.2) is 20.1 Å². The van der Waals surface area contributed by atoms with Crippen molar-refractivity contribution in [3.63, 3.8) is 0 Å². The molecule has 3 aliphatic carbocycles. The van der Waals surface area contributed by atoms with E-state index in [4.69, 9.17) is 92.8 Å². The Hall–Kier alpha value is 1.47. The highest BCUT2D eigenvalue weighted by Gasteiger charge is 2.90. The number of halogens is 8. The van der Waals surface area contributed by atoms with E-state index >= 15 is 0 Å². The smallest absolute Gasteiger partial charge is 0.189 e. The lowest BCUT2D eigenvalue weighted by Crippen LogP contribution is -2.58. The van der Waals surface area contributed by atoms with E-state index in [1.807, 2.05) is 0 Å². The zero-order valence-electron chi connectivity index (χ0n) is 8.64. The second kappa shape index (κ2) is 3.86. The number of hydrogen-bond donors (Lipinski definition) is 0. The maximum Gasteiger partial charge on any atom is 0.189 e. The second-order valence-electron chi connectivity index (χ2n) is 4.63. The fourth-order valence-corrected chi connectivity index (χ4v) is 6.97. The van der Waals surface area contributed by atoms with Crippen molar-refractivity contribution >= 4 is 98.6 Å². The number of hydrogen-bond acceptors (Lipinski definition) is 1. The Bertz CT molecular complexity index is 611. The van der Waals surface area contributed by atoms with Crippen molar-refractivity contribution in [2.45, 2.75) is 25.9 Å². The molecular weight excluding hydrogens is 420 g/mol. The molecule has 0 aromatic heterocycles. The first kappa shape index (κ1) is 15.4. The van der Waals surface area contributed by atoms with Gasteiger partial charge >= 0.3 is 0 Å². The zero-order valence-corrected chi connectivity index (χ0v) is 14.7. The van der Waals surface area contributed by atoms with Crippen LogP contribution in [0.1, 0.15) is 6.42 Å². The zero-order chi connectivity index (χ0) is 14.6. The van der Waals surface area contributed by atoms with Crippen molar-refractivity contribution in [1.29, 1.82) is 0 Å². The molecule has 4 atom stereocenters. The molecule has 19 heavy (non-hydrogen) atoms. The minimum Gasteiger partial charge on any atom is -0.295 e. The predicted octanol–water partition coefficient (Wildman–Crippen LogP) is 5.28. The first-order valence-corrected chi connectivity index (χ1v) is 7.95. The number of ketones is 1. The van der Waals surface area contributed by atoms with Gasteiger partial charge in [-0.15, -0.1) is 46.4 Å². The summed E-state index contributed by atoms with van der Waals surface area (Å²) in [6.07, 6.45) is -0.0253. The Morgan fingerprint density at radius 2 is 1.26 bits per heavy atom. The van der Waals surface area contributed by atoms with Crippen LogP contribution in [-0.2, 0) is 4.79 Å². The molecule has 1 fully saturated rings. The Kier molecular flexibility index (Phi) is 3.12. The van der Waals surface area contributed by atoms with Gasteiger partial charge in [0.2, 0.25) is 0 Å². The molecule has 0 spiro atoms. The summed E-state index contributed by atoms with van der Waals surface area (Å²) in [5.74, 6) is -0.675. The van der Waals surface area contributed by atoms with Crippen molar-refractivity contribution in [3.05, 3.63) is 20.1 Å². The monoisotopic (exact) mass is 418 g/mol. The third-order valence-electron chi connectivity index (χ3n) is 3.93. The Morgan fingerprint density at radius 3 is 1.79 bits per heavy atom. The number of Topliss-reactive ketones (excluding diaryl/α,β-unsaturated/α-hetero) is 1. The Labute approximate surface area is 148 Å². The molecule has 2 bridgehead atoms. The lowest BCUT2D eigenvalue weighted by molar-refractivity contribution is -0.119. The van der Waals surface area contributed by atoms with Crippen molar-refractivity contribution in [2.24, 2.45) is 0 Å². The maximum absolute atomic E-state index is 12.5. The summed E-state index contributed by atoms with van der Waals surface area (Å²) in [5, 5.41) is -0.131. The van der Waals surface area contributed by atoms with Gasteiger partial charge in [-0.1, -0.05) is 46.4 Å². The Morgan fingerprint density at radius 1 is 0.789 bits per heavy atom. The van der Waals surface area contributed by atoms with Gasteiger partial charge in [0.05, 0.1) is 15.1 Å². The predicted molar refractivity (Wildman–Crippen MR) is 81.4 cm³/mol. The van der Waals surface area contributed by atoms with Crippen LogP contribution in [0.5, 0.6) is 0 Å². The summed E-state index contributed by atoms with van der Waals surface area (Å²) in [4.78, 5) is 5.50. The van der Waals surface area contributed by atoms with E-state index in [9.17, 15) is 4.79 Å². The standard InChI is InChI=1S/C10H2Cl8O/c11-2-1-7(15)8(16)4(13)5(14)9(17,6(8)19)10(7,18)3(2)12/h1H2/t7-,8-,9-,10+/m0/s1. The van der Waals surface area contributed by atoms with Gasteiger partial charge in [-0.2, -0.15) is 0 Å². The fraction of sp³-hybridized carbons (Fsp3) is 0.500. The number of fused-ring (bicyclic) bond motifs is 5. The average Bonchev–Trinajstić information content (AvgIpc) is 2.67. The number of alkyl halides is 4. The molecule has 0 aliphatic heterocycles. The molecule has 1 nitrogen and oxygen atoms in total. The summed E-state index contributed by atoms with van der Waals surface area (Å²) >= 11 is 50.1. The van der Waals surface area contributed by atoms with Crippen molar-refractivity contribution in [1.82, 2.24) is 0 Å². The fourth-order valence-electron chi connectivity index (χ4n) is 2.96. The molecule has 0 heterocycles. The van der Waals surface area contributed by atoms with Gasteiger partial charge in [-0.3, -0.25) is 4.79 Å². The van der Waals surface area contributed by atoms with Gasteiger partial charge in [0.25, 0.3) is 0 Å². The largest absolute Gasteiger partial charge is 0.295 e. The molecular formula is C10H2Cl8O. The number of allylic oxidation sites excluding steroid dienone is 4. The van der Waals surface area contributed by atoms with E-state index in [1.54, 1.807) is 0 Å². The first-order chi connectivity index (χ1) is 8.51. The van der Waals surface area contributed by atoms with Crippen LogP contribution in [0.3, 0.4) is 0 Å². The molecule has 0 saturated heterocycles. The molecule has 1 saturated carbocycles. The van der Waals surface area contributed by atoms with Gasteiger partial charge in [-0.25, -0.2) is 0 Å². The molecule has 0 aromatic rings. The highest BCUT2D eigenvalue weighted by atomic mass is 35.5. The van der Waals surface area contributed by atoms with Gasteiger partial charge in [-0.05, 0) is 0 Å². The van der Waals surface area contributed by atoms with E-state index in [1.165, 1.54) is 0 Å². The van der Waals surface area contributed by atoms with Crippen molar-refractivity contribution in [3.8, 4) is 0 Å². The SMILES string of the molecule is O=C1[C@@]2(Cl)C(Cl)=C(Cl)[C@@]1(Cl)[C@@]1(Cl)C(Cl)=C(Cl)C[C@]21Cl. The van der Waals surface area contributed by atoms with Crippen LogP contribution in [0.4, 0.5) is 0 Å². The molecule has 0 N–H and O–H groups in total. The third-order valence-corrected chi connectivity index (χ3v) is 9.31. The quantitative estimate of drug-likeness (QED) is 0.487. The lowest BCUT2D eigenvalue weighted by Gasteiger charge is -2.44. The topological polar surface area (TPSA) is 17.1 Å². The third kappa shape index (κ3) is 1.16. The van der Waals surface area contributed by atoms with Gasteiger partial charge in [0, 0.05) is 11.5 Å². The summed E-state index contributed by atoms with van der Waals surface area (Å²) in [7, 11) is 0. The first-order valence-electron chi connectivity index (χ1n) is 4.92. The molecule has 3 rings (SSSR count). The van der Waals surface area contributed by atoms with Gasteiger partial charge in [0.15, 0.2) is 15.5 Å². The van der Waals surface area contributed by atoms with Crippen LogP contribution in [0.2, 0.25) is 0 Å². The number of carbonyl (C=O) groups is 1. The number of carbonyl (C=O) groups excluding carboxylic acids is 1. The van der Waals surface area contributed by atoms with E-state index in [-0.39, 0.29) is 26.5 Å². The van der Waals surface area contributed by atoms with E-state index in [0.29, 0.717) is 0 Å². The molecule has 9 heteroatoms. The minimum atomic E-state index is -1.91. The highest BCUT2D eigenvalue weighted by Crippen LogP contribution is 2.78. The van der Waals surface area contributed by atoms with Gasteiger partial charge in [0.1, 0.15) is 9.75 Å². The second-order valence-corrected chi connectivity index (χ2v) is 8.57. The van der Waals surface area contributed by atoms with Crippen molar-refractivity contribution in [2.75, 3.05) is 0 Å². The maximum atomic E-state index is 12.5. The summed E-state index contributed by atoms with van der Waals surface area (Å²) in [6.45, 7) is 0. The summed E-state index contributed by atoms with van der Waals surface area (Å²) in [5.41, 5.74) is 0. The van der Waals surface area contributed by atoms with E-state index < -0.39 is 25.3 Å². The van der Waals surface area contributed by atoms with Crippen LogP contribution in [0, 0.1) is 0 Å². The molecule has 0 unspecified atom stereocenters.